The van der Waals surface area contributed by atoms with Crippen molar-refractivity contribution in [1.29, 1.82) is 0 Å². The van der Waals surface area contributed by atoms with Gasteiger partial charge in [-0.05, 0) is 31.9 Å². The topological polar surface area (TPSA) is 9.23 Å². The van der Waals surface area contributed by atoms with Crippen molar-refractivity contribution in [3.8, 4) is 0 Å². The van der Waals surface area contributed by atoms with Gasteiger partial charge in [0.15, 0.2) is 0 Å². The lowest BCUT2D eigenvalue weighted by Gasteiger charge is -2.46. The van der Waals surface area contributed by atoms with Gasteiger partial charge in [-0.15, -0.1) is 0 Å². The molecule has 0 spiro atoms. The zero-order valence-corrected chi connectivity index (χ0v) is 24.4. The number of alkyl halides is 34. The summed E-state index contributed by atoms with van der Waals surface area (Å²) < 4.78 is 412. The summed E-state index contributed by atoms with van der Waals surface area (Å²) in [6.07, 6.45) is -52.2. The maximum atomic E-state index is 14.1. The van der Waals surface area contributed by atoms with Crippen molar-refractivity contribution in [2.24, 2.45) is 0 Å². The van der Waals surface area contributed by atoms with Crippen molar-refractivity contribution >= 4 is 31.9 Å². The highest BCUT2D eigenvalue weighted by Crippen LogP contribution is 2.69. The molecule has 0 N–H and O–H groups in total. The quantitative estimate of drug-likeness (QED) is 0.140. The summed E-state index contributed by atoms with van der Waals surface area (Å²) >= 11 is -0.832. The summed E-state index contributed by atoms with van der Waals surface area (Å²) in [5.41, 5.74) is -17.4. The molecule has 0 rings (SSSR count). The van der Waals surface area contributed by atoms with Gasteiger partial charge in [0.2, 0.25) is 0 Å². The molecule has 0 bridgehead atoms. The molecular formula is C16Br2F32O. The molecule has 0 radical (unpaired) electrons. The van der Waals surface area contributed by atoms with E-state index < -0.39 is 125 Å². The second-order valence-corrected chi connectivity index (χ2v) is 11.2. The lowest BCUT2D eigenvalue weighted by Crippen LogP contribution is -2.77. The first kappa shape index (κ1) is 49.7. The molecule has 2 unspecified atom stereocenters. The summed E-state index contributed by atoms with van der Waals surface area (Å²) in [7, 11) is 0. The number of hydrogen-bond acceptors (Lipinski definition) is 1. The van der Waals surface area contributed by atoms with Crippen LogP contribution in [0.3, 0.4) is 0 Å². The minimum absolute atomic E-state index is 0.416. The minimum atomic E-state index is -9.47. The number of rotatable bonds is 12. The van der Waals surface area contributed by atoms with Crippen LogP contribution in [0.15, 0.2) is 0 Å². The predicted octanol–water partition coefficient (Wildman–Crippen LogP) is 11.8. The van der Waals surface area contributed by atoms with Crippen molar-refractivity contribution in [2.45, 2.75) is 93.0 Å². The van der Waals surface area contributed by atoms with E-state index in [9.17, 15) is 140 Å². The van der Waals surface area contributed by atoms with Gasteiger partial charge < -0.3 is 0 Å². The second-order valence-electron chi connectivity index (χ2n) is 9.04. The van der Waals surface area contributed by atoms with Gasteiger partial charge in [-0.1, -0.05) is 0 Å². The number of hydrogen-bond donors (Lipinski definition) is 0. The van der Waals surface area contributed by atoms with Gasteiger partial charge in [0.1, 0.15) is 0 Å². The first-order valence-electron chi connectivity index (χ1n) is 10.3. The molecule has 0 aliphatic rings. The van der Waals surface area contributed by atoms with Crippen molar-refractivity contribution < 1.29 is 145 Å². The van der Waals surface area contributed by atoms with E-state index in [1.165, 1.54) is 0 Å². The van der Waals surface area contributed by atoms with E-state index in [0.717, 1.165) is 0 Å². The Morgan fingerprint density at radius 3 is 0.529 bits per heavy atom. The first-order chi connectivity index (χ1) is 21.2. The van der Waals surface area contributed by atoms with Crippen LogP contribution in [0.1, 0.15) is 0 Å². The maximum absolute atomic E-state index is 14.1. The molecule has 0 aromatic carbocycles. The van der Waals surface area contributed by atoms with Crippen molar-refractivity contribution in [1.82, 2.24) is 0 Å². The average molecular weight is 976 g/mol. The van der Waals surface area contributed by atoms with E-state index >= 15 is 0 Å². The molecule has 0 heterocycles. The van der Waals surface area contributed by atoms with E-state index in [4.69, 9.17) is 0 Å². The fourth-order valence-electron chi connectivity index (χ4n) is 2.91. The number of ether oxygens (including phenoxy) is 1. The van der Waals surface area contributed by atoms with E-state index in [-0.39, 0.29) is 0 Å². The summed E-state index contributed by atoms with van der Waals surface area (Å²) in [6, 6.07) is 0. The van der Waals surface area contributed by atoms with Crippen LogP contribution >= 0.6 is 31.9 Å². The summed E-state index contributed by atoms with van der Waals surface area (Å²) in [5.74, 6) is -56.3. The molecule has 0 saturated carbocycles. The molecular weight excluding hydrogens is 976 g/mol. The zero-order chi connectivity index (χ0) is 42.7. The van der Waals surface area contributed by atoms with Crippen molar-refractivity contribution in [2.75, 3.05) is 0 Å². The third kappa shape index (κ3) is 6.21. The van der Waals surface area contributed by atoms with Gasteiger partial charge in [0.05, 0.1) is 0 Å². The Morgan fingerprint density at radius 2 is 0.392 bits per heavy atom. The fourth-order valence-corrected chi connectivity index (χ4v) is 4.31. The van der Waals surface area contributed by atoms with Crippen LogP contribution in [0.25, 0.3) is 0 Å². The predicted molar refractivity (Wildman–Crippen MR) is 98.1 cm³/mol. The van der Waals surface area contributed by atoms with E-state index in [0.29, 0.717) is 4.74 Å². The third-order valence-electron chi connectivity index (χ3n) is 5.78. The SMILES string of the molecule is FC(F)(F)C(F)(C(F)(F)F)C(F)(Br)C(F)(F)C(F)(F)C(F)(F)C(F)(F)OC(F)(F)C(F)(F)C(F)(F)C(F)(F)C(F)(Br)C(F)(C(F)(F)F)C(F)(F)F. The van der Waals surface area contributed by atoms with Crippen LogP contribution in [0.4, 0.5) is 140 Å². The Bertz CT molecular complexity index is 1140. The van der Waals surface area contributed by atoms with Crippen LogP contribution in [-0.4, -0.2) is 93.0 Å². The smallest absolute Gasteiger partial charge is 0.245 e. The molecule has 1 nitrogen and oxygen atoms in total. The third-order valence-corrected chi connectivity index (χ3v) is 7.87. The van der Waals surface area contributed by atoms with E-state index in [1.54, 1.807) is 0 Å². The van der Waals surface area contributed by atoms with Crippen molar-refractivity contribution in [3.63, 3.8) is 0 Å². The zero-order valence-electron chi connectivity index (χ0n) is 21.3. The standard InChI is InChI=1S/C16Br2F32O/c17-3(21,1(19,11(35,36)37)12(38,39)40)5(23,24)7(27,28)9(31,32)15(47,48)51-16(49,50)10(33,34)8(29,30)6(25,26)4(18,22)2(20,13(41,42)43)14(44,45)46. The van der Waals surface area contributed by atoms with Gasteiger partial charge >= 0.3 is 83.8 Å². The highest BCUT2D eigenvalue weighted by molar-refractivity contribution is 9.10. The monoisotopic (exact) mass is 974 g/mol. The second kappa shape index (κ2) is 12.1. The van der Waals surface area contributed by atoms with Crippen LogP contribution in [0.2, 0.25) is 0 Å². The van der Waals surface area contributed by atoms with Gasteiger partial charge in [0, 0.05) is 0 Å². The van der Waals surface area contributed by atoms with Crippen LogP contribution in [-0.2, 0) is 4.74 Å². The molecule has 0 amide bonds. The Kier molecular flexibility index (Phi) is 11.8. The highest BCUT2D eigenvalue weighted by Gasteiger charge is 2.98. The average Bonchev–Trinajstić information content (AvgIpc) is 2.82. The molecule has 0 aliphatic heterocycles. The van der Waals surface area contributed by atoms with Gasteiger partial charge in [-0.3, -0.25) is 0 Å². The molecule has 35 heteroatoms. The van der Waals surface area contributed by atoms with Gasteiger partial charge in [-0.2, -0.15) is 123 Å². The Morgan fingerprint density at radius 1 is 0.235 bits per heavy atom. The van der Waals surface area contributed by atoms with Gasteiger partial charge in [-0.25, -0.2) is 22.3 Å². The molecule has 0 fully saturated rings. The molecule has 0 aromatic heterocycles. The first-order valence-corrected chi connectivity index (χ1v) is 11.9. The van der Waals surface area contributed by atoms with Crippen molar-refractivity contribution in [3.05, 3.63) is 0 Å². The molecule has 308 valence electrons. The lowest BCUT2D eigenvalue weighted by molar-refractivity contribution is -0.521. The molecule has 2 atom stereocenters. The van der Waals surface area contributed by atoms with Crippen LogP contribution in [0.5, 0.6) is 0 Å². The minimum Gasteiger partial charge on any atom is -0.245 e. The van der Waals surface area contributed by atoms with E-state index in [1.807, 2.05) is 0 Å². The summed E-state index contributed by atoms with van der Waals surface area (Å²) in [6.45, 7) is 0. The summed E-state index contributed by atoms with van der Waals surface area (Å²) in [5, 5.41) is 0. The fraction of sp³-hybridized carbons (Fsp3) is 1.00. The normalized spacial score (nSPS) is 19.2. The molecule has 0 aliphatic carbocycles. The number of halogens is 34. The Hall–Kier alpha value is -1.32. The van der Waals surface area contributed by atoms with Gasteiger partial charge in [0.25, 0.3) is 9.16 Å². The highest BCUT2D eigenvalue weighted by atomic mass is 79.9. The maximum Gasteiger partial charge on any atom is 0.436 e. The molecule has 0 saturated heterocycles. The van der Waals surface area contributed by atoms with Crippen LogP contribution < -0.4 is 0 Å². The molecule has 0 aromatic rings. The lowest BCUT2D eigenvalue weighted by atomic mass is 9.87. The summed E-state index contributed by atoms with van der Waals surface area (Å²) in [4.78, 5) is 0. The Balaban J connectivity index is 7.54. The van der Waals surface area contributed by atoms with E-state index in [2.05, 4.69) is 0 Å². The Labute approximate surface area is 270 Å². The largest absolute Gasteiger partial charge is 0.436 e. The van der Waals surface area contributed by atoms with Crippen LogP contribution in [0, 0.1) is 0 Å². The molecule has 51 heavy (non-hydrogen) atoms.